The first-order valence-corrected chi connectivity index (χ1v) is 9.53. The van der Waals surface area contributed by atoms with Crippen LogP contribution in [0.3, 0.4) is 0 Å². The minimum absolute atomic E-state index is 0.0129. The normalized spacial score (nSPS) is 17.7. The molecule has 5 heteroatoms. The number of hydrogen-bond donors (Lipinski definition) is 0. The lowest BCUT2D eigenvalue weighted by atomic mass is 9.90. The molecule has 1 aliphatic heterocycles. The molecule has 0 bridgehead atoms. The third-order valence-electron chi connectivity index (χ3n) is 5.65. The molecule has 0 radical (unpaired) electrons. The molecule has 0 spiro atoms. The Labute approximate surface area is 154 Å². The van der Waals surface area contributed by atoms with Crippen LogP contribution in [0.5, 0.6) is 0 Å². The van der Waals surface area contributed by atoms with Crippen molar-refractivity contribution in [2.75, 3.05) is 25.1 Å². The number of methoxy groups -OCH3 is 1. The maximum absolute atomic E-state index is 11.6. The molecule has 2 heterocycles. The summed E-state index contributed by atoms with van der Waals surface area (Å²) in [5, 5.41) is 8.90. The standard InChI is InChI=1S/C21H25N3O2/c1-26-21(25)16-10-12-24(13-11-16)20-9-8-19(22-23-20)18-7-6-15-4-2-3-5-17(15)14-18/h6-9,14,16H,2-5,10-13H2,1H3. The molecule has 0 atom stereocenters. The summed E-state index contributed by atoms with van der Waals surface area (Å²) in [5.41, 5.74) is 5.02. The van der Waals surface area contributed by atoms with Crippen molar-refractivity contribution in [1.29, 1.82) is 0 Å². The zero-order valence-corrected chi connectivity index (χ0v) is 15.3. The molecular weight excluding hydrogens is 326 g/mol. The number of carbonyl (C=O) groups excluding carboxylic acids is 1. The number of benzene rings is 1. The average Bonchev–Trinajstić information content (AvgIpc) is 2.73. The maximum atomic E-state index is 11.6. The van der Waals surface area contributed by atoms with Crippen molar-refractivity contribution in [3.05, 3.63) is 41.5 Å². The van der Waals surface area contributed by atoms with Gasteiger partial charge >= 0.3 is 5.97 Å². The highest BCUT2D eigenvalue weighted by Gasteiger charge is 2.26. The summed E-state index contributed by atoms with van der Waals surface area (Å²) in [6.07, 6.45) is 6.56. The maximum Gasteiger partial charge on any atom is 0.308 e. The van der Waals surface area contributed by atoms with Gasteiger partial charge in [-0.05, 0) is 67.9 Å². The minimum atomic E-state index is -0.0986. The predicted octanol–water partition coefficient (Wildman–Crippen LogP) is 3.41. The van der Waals surface area contributed by atoms with E-state index < -0.39 is 0 Å². The van der Waals surface area contributed by atoms with Crippen molar-refractivity contribution >= 4 is 11.8 Å². The van der Waals surface area contributed by atoms with Gasteiger partial charge in [0.1, 0.15) is 0 Å². The van der Waals surface area contributed by atoms with Crippen LogP contribution >= 0.6 is 0 Å². The molecule has 1 aliphatic carbocycles. The van der Waals surface area contributed by atoms with Gasteiger partial charge < -0.3 is 9.64 Å². The molecule has 136 valence electrons. The van der Waals surface area contributed by atoms with Gasteiger partial charge in [0, 0.05) is 18.7 Å². The van der Waals surface area contributed by atoms with E-state index in [1.807, 2.05) is 6.07 Å². The van der Waals surface area contributed by atoms with Crippen molar-refractivity contribution in [3.63, 3.8) is 0 Å². The summed E-state index contributed by atoms with van der Waals surface area (Å²) in [6, 6.07) is 10.8. The van der Waals surface area contributed by atoms with Crippen molar-refractivity contribution in [2.24, 2.45) is 5.92 Å². The fraction of sp³-hybridized carbons (Fsp3) is 0.476. The van der Waals surface area contributed by atoms with Crippen LogP contribution in [0, 0.1) is 5.92 Å². The van der Waals surface area contributed by atoms with Gasteiger partial charge in [-0.1, -0.05) is 12.1 Å². The van der Waals surface area contributed by atoms with Crippen LogP contribution in [0.1, 0.15) is 36.8 Å². The van der Waals surface area contributed by atoms with Crippen molar-refractivity contribution < 1.29 is 9.53 Å². The number of hydrogen-bond acceptors (Lipinski definition) is 5. The molecule has 0 unspecified atom stereocenters. The molecule has 0 amide bonds. The SMILES string of the molecule is COC(=O)C1CCN(c2ccc(-c3ccc4c(c3)CCCC4)nn2)CC1. The first-order valence-electron chi connectivity index (χ1n) is 9.53. The monoisotopic (exact) mass is 351 g/mol. The number of carbonyl (C=O) groups is 1. The highest BCUT2D eigenvalue weighted by molar-refractivity contribution is 5.72. The Morgan fingerprint density at radius 2 is 1.81 bits per heavy atom. The summed E-state index contributed by atoms with van der Waals surface area (Å²) >= 11 is 0. The fourth-order valence-corrected chi connectivity index (χ4v) is 4.05. The predicted molar refractivity (Wildman–Crippen MR) is 101 cm³/mol. The number of nitrogens with zero attached hydrogens (tertiary/aromatic N) is 3. The Kier molecular flexibility index (Phi) is 4.87. The molecule has 0 N–H and O–H groups in total. The molecule has 0 saturated carbocycles. The van der Waals surface area contributed by atoms with Crippen LogP contribution in [0.4, 0.5) is 5.82 Å². The molecule has 5 nitrogen and oxygen atoms in total. The van der Waals surface area contributed by atoms with Crippen LogP contribution in [0.15, 0.2) is 30.3 Å². The van der Waals surface area contributed by atoms with Gasteiger partial charge in [-0.25, -0.2) is 0 Å². The van der Waals surface area contributed by atoms with Crippen LogP contribution in [0.25, 0.3) is 11.3 Å². The smallest absolute Gasteiger partial charge is 0.308 e. The number of aryl methyl sites for hydroxylation is 2. The van der Waals surface area contributed by atoms with Crippen LogP contribution in [0.2, 0.25) is 0 Å². The second-order valence-electron chi connectivity index (χ2n) is 7.25. The minimum Gasteiger partial charge on any atom is -0.469 e. The summed E-state index contributed by atoms with van der Waals surface area (Å²) < 4.78 is 4.85. The molecule has 4 rings (SSSR count). The van der Waals surface area contributed by atoms with E-state index in [0.29, 0.717) is 0 Å². The van der Waals surface area contributed by atoms with Crippen molar-refractivity contribution in [3.8, 4) is 11.3 Å². The van der Waals surface area contributed by atoms with E-state index in [1.165, 1.54) is 43.9 Å². The second kappa shape index (κ2) is 7.44. The largest absolute Gasteiger partial charge is 0.469 e. The van der Waals surface area contributed by atoms with Gasteiger partial charge in [-0.3, -0.25) is 4.79 Å². The summed E-state index contributed by atoms with van der Waals surface area (Å²) in [6.45, 7) is 1.62. The number of rotatable bonds is 3. The van der Waals surface area contributed by atoms with Gasteiger partial charge in [0.05, 0.1) is 18.7 Å². The van der Waals surface area contributed by atoms with Gasteiger partial charge in [0.2, 0.25) is 0 Å². The first-order chi connectivity index (χ1) is 12.7. The lowest BCUT2D eigenvalue weighted by molar-refractivity contribution is -0.146. The Bertz CT molecular complexity index is 780. The third kappa shape index (κ3) is 3.43. The molecule has 2 aliphatic rings. The van der Waals surface area contributed by atoms with Crippen molar-refractivity contribution in [2.45, 2.75) is 38.5 Å². The molecule has 1 fully saturated rings. The van der Waals surface area contributed by atoms with E-state index in [2.05, 4.69) is 39.4 Å². The third-order valence-corrected chi connectivity index (χ3v) is 5.65. The van der Waals surface area contributed by atoms with Crippen LogP contribution in [-0.2, 0) is 22.4 Å². The van der Waals surface area contributed by atoms with Gasteiger partial charge in [-0.15, -0.1) is 10.2 Å². The highest BCUT2D eigenvalue weighted by Crippen LogP contribution is 2.27. The first kappa shape index (κ1) is 17.0. The average molecular weight is 351 g/mol. The molecule has 1 aromatic carbocycles. The highest BCUT2D eigenvalue weighted by atomic mass is 16.5. The number of fused-ring (bicyclic) bond motifs is 1. The van der Waals surface area contributed by atoms with Crippen molar-refractivity contribution in [1.82, 2.24) is 10.2 Å². The van der Waals surface area contributed by atoms with E-state index in [4.69, 9.17) is 4.74 Å². The topological polar surface area (TPSA) is 55.3 Å². The molecule has 1 aromatic heterocycles. The van der Waals surface area contributed by atoms with Crippen LogP contribution in [-0.4, -0.2) is 36.4 Å². The van der Waals surface area contributed by atoms with E-state index in [-0.39, 0.29) is 11.9 Å². The number of anilines is 1. The van der Waals surface area contributed by atoms with Gasteiger partial charge in [0.25, 0.3) is 0 Å². The number of ether oxygens (including phenoxy) is 1. The zero-order chi connectivity index (χ0) is 17.9. The van der Waals surface area contributed by atoms with E-state index in [1.54, 1.807) is 0 Å². The van der Waals surface area contributed by atoms with Crippen LogP contribution < -0.4 is 4.90 Å². The number of piperidine rings is 1. The van der Waals surface area contributed by atoms with E-state index >= 15 is 0 Å². The second-order valence-corrected chi connectivity index (χ2v) is 7.25. The quantitative estimate of drug-likeness (QED) is 0.793. The molecule has 1 saturated heterocycles. The zero-order valence-electron chi connectivity index (χ0n) is 15.3. The number of aromatic nitrogens is 2. The number of esters is 1. The lowest BCUT2D eigenvalue weighted by Crippen LogP contribution is -2.37. The summed E-state index contributed by atoms with van der Waals surface area (Å²) in [7, 11) is 1.46. The molecular formula is C21H25N3O2. The Balaban J connectivity index is 1.45. The molecule has 2 aromatic rings. The Morgan fingerprint density at radius 1 is 1.04 bits per heavy atom. The van der Waals surface area contributed by atoms with E-state index in [9.17, 15) is 4.79 Å². The van der Waals surface area contributed by atoms with Gasteiger partial charge in [0.15, 0.2) is 5.82 Å². The fourth-order valence-electron chi connectivity index (χ4n) is 4.05. The Hall–Kier alpha value is -2.43. The van der Waals surface area contributed by atoms with Gasteiger partial charge in [-0.2, -0.15) is 0 Å². The summed E-state index contributed by atoms with van der Waals surface area (Å²) in [5.74, 6) is 0.799. The molecule has 26 heavy (non-hydrogen) atoms. The lowest BCUT2D eigenvalue weighted by Gasteiger charge is -2.31. The van der Waals surface area contributed by atoms with E-state index in [0.717, 1.165) is 43.0 Å². The Morgan fingerprint density at radius 3 is 2.50 bits per heavy atom. The summed E-state index contributed by atoms with van der Waals surface area (Å²) in [4.78, 5) is 13.8.